The molecule has 0 unspecified atom stereocenters. The van der Waals surface area contributed by atoms with Gasteiger partial charge in [0.05, 0.1) is 11.2 Å². The molecule has 0 N–H and O–H groups in total. The highest BCUT2D eigenvalue weighted by Crippen LogP contribution is 2.45. The lowest BCUT2D eigenvalue weighted by Gasteiger charge is -2.36. The van der Waals surface area contributed by atoms with E-state index < -0.39 is 0 Å². The Morgan fingerprint density at radius 2 is 2.00 bits per heavy atom. The number of alkyl halides is 2. The molecule has 0 aromatic carbocycles. The molecule has 4 heteroatoms. The highest BCUT2D eigenvalue weighted by molar-refractivity contribution is 7.09. The van der Waals surface area contributed by atoms with E-state index >= 15 is 0 Å². The van der Waals surface area contributed by atoms with Gasteiger partial charge in [-0.2, -0.15) is 0 Å². The molecule has 0 radical (unpaired) electrons. The van der Waals surface area contributed by atoms with Gasteiger partial charge in [-0.05, 0) is 38.5 Å². The quantitative estimate of drug-likeness (QED) is 0.671. The van der Waals surface area contributed by atoms with Crippen molar-refractivity contribution in [2.45, 2.75) is 45.4 Å². The highest BCUT2D eigenvalue weighted by Gasteiger charge is 2.38. The van der Waals surface area contributed by atoms with Crippen LogP contribution in [0.5, 0.6) is 0 Å². The second kappa shape index (κ2) is 6.58. The summed E-state index contributed by atoms with van der Waals surface area (Å²) < 4.78 is 0. The van der Waals surface area contributed by atoms with E-state index in [4.69, 9.17) is 23.2 Å². The molecule has 0 aliphatic heterocycles. The fourth-order valence-corrected chi connectivity index (χ4v) is 4.83. The summed E-state index contributed by atoms with van der Waals surface area (Å²) in [7, 11) is 0. The predicted octanol–water partition coefficient (Wildman–Crippen LogP) is 5.04. The van der Waals surface area contributed by atoms with Gasteiger partial charge in [0.15, 0.2) is 0 Å². The van der Waals surface area contributed by atoms with Crippen molar-refractivity contribution in [1.82, 2.24) is 4.98 Å². The number of hydrogen-bond donors (Lipinski definition) is 0. The Hall–Kier alpha value is 0.210. The van der Waals surface area contributed by atoms with Gasteiger partial charge in [-0.3, -0.25) is 0 Å². The van der Waals surface area contributed by atoms with Crippen LogP contribution in [0.4, 0.5) is 0 Å². The summed E-state index contributed by atoms with van der Waals surface area (Å²) in [4.78, 5) is 5.71. The molecule has 102 valence electrons. The second-order valence-electron chi connectivity index (χ2n) is 5.47. The van der Waals surface area contributed by atoms with Crippen LogP contribution in [0.25, 0.3) is 0 Å². The van der Waals surface area contributed by atoms with E-state index in [1.807, 2.05) is 5.51 Å². The van der Waals surface area contributed by atoms with Crippen molar-refractivity contribution in [3.05, 3.63) is 16.1 Å². The number of halogens is 2. The molecule has 1 heterocycles. The van der Waals surface area contributed by atoms with E-state index in [9.17, 15) is 0 Å². The summed E-state index contributed by atoms with van der Waals surface area (Å²) in [6, 6.07) is 0. The highest BCUT2D eigenvalue weighted by atomic mass is 35.5. The zero-order valence-electron chi connectivity index (χ0n) is 10.9. The molecular weight excluding hydrogens is 285 g/mol. The van der Waals surface area contributed by atoms with Crippen molar-refractivity contribution < 1.29 is 0 Å². The Balaban J connectivity index is 2.03. The molecule has 1 aliphatic carbocycles. The Morgan fingerprint density at radius 1 is 1.33 bits per heavy atom. The maximum Gasteiger partial charge on any atom is 0.0797 e. The Labute approximate surface area is 124 Å². The summed E-state index contributed by atoms with van der Waals surface area (Å²) in [6.45, 7) is 2.09. The summed E-state index contributed by atoms with van der Waals surface area (Å²) in [5.74, 6) is 2.11. The average molecular weight is 306 g/mol. The minimum Gasteiger partial charge on any atom is -0.250 e. The zero-order chi connectivity index (χ0) is 13.0. The normalized spacial score (nSPS) is 17.5. The van der Waals surface area contributed by atoms with Gasteiger partial charge in [0.1, 0.15) is 0 Å². The standard InChI is InChI=1S/C14H21Cl2NS/c1-11-13(18-10-17-11)6-7-14(8-15,9-16)12-4-2-3-5-12/h10,12H,2-9H2,1H3. The van der Waals surface area contributed by atoms with Gasteiger partial charge in [-0.15, -0.1) is 34.5 Å². The van der Waals surface area contributed by atoms with Crippen molar-refractivity contribution in [3.63, 3.8) is 0 Å². The number of thiazole rings is 1. The van der Waals surface area contributed by atoms with Crippen molar-refractivity contribution in [1.29, 1.82) is 0 Å². The zero-order valence-corrected chi connectivity index (χ0v) is 13.3. The second-order valence-corrected chi connectivity index (χ2v) is 6.95. The maximum atomic E-state index is 6.29. The summed E-state index contributed by atoms with van der Waals surface area (Å²) in [6.07, 6.45) is 7.49. The summed E-state index contributed by atoms with van der Waals surface area (Å²) >= 11 is 14.3. The van der Waals surface area contributed by atoms with Crippen molar-refractivity contribution in [3.8, 4) is 0 Å². The number of aromatic nitrogens is 1. The van der Waals surface area contributed by atoms with Crippen molar-refractivity contribution >= 4 is 34.5 Å². The van der Waals surface area contributed by atoms with Gasteiger partial charge in [0.2, 0.25) is 0 Å². The van der Waals surface area contributed by atoms with Crippen LogP contribution in [0.3, 0.4) is 0 Å². The molecule has 0 amide bonds. The number of nitrogens with zero attached hydrogens (tertiary/aromatic N) is 1. The molecule has 1 aliphatic rings. The van der Waals surface area contributed by atoms with Crippen LogP contribution in [0.15, 0.2) is 5.51 Å². The van der Waals surface area contributed by atoms with Gasteiger partial charge in [0.25, 0.3) is 0 Å². The topological polar surface area (TPSA) is 12.9 Å². The van der Waals surface area contributed by atoms with Gasteiger partial charge in [-0.1, -0.05) is 12.8 Å². The van der Waals surface area contributed by atoms with Crippen LogP contribution in [-0.2, 0) is 6.42 Å². The first-order chi connectivity index (χ1) is 8.72. The molecule has 1 nitrogen and oxygen atoms in total. The minimum absolute atomic E-state index is 0.135. The van der Waals surface area contributed by atoms with Crippen LogP contribution < -0.4 is 0 Å². The van der Waals surface area contributed by atoms with E-state index in [2.05, 4.69) is 11.9 Å². The number of rotatable bonds is 6. The minimum atomic E-state index is 0.135. The summed E-state index contributed by atoms with van der Waals surface area (Å²) in [5, 5.41) is 0. The predicted molar refractivity (Wildman–Crippen MR) is 81.0 cm³/mol. The third kappa shape index (κ3) is 3.02. The van der Waals surface area contributed by atoms with Gasteiger partial charge >= 0.3 is 0 Å². The van der Waals surface area contributed by atoms with E-state index in [0.29, 0.717) is 11.8 Å². The van der Waals surface area contributed by atoms with Crippen LogP contribution >= 0.6 is 34.5 Å². The first-order valence-corrected chi connectivity index (χ1v) is 8.67. The fraction of sp³-hybridized carbons (Fsp3) is 0.786. The smallest absolute Gasteiger partial charge is 0.0797 e. The van der Waals surface area contributed by atoms with Gasteiger partial charge < -0.3 is 0 Å². The SMILES string of the molecule is Cc1ncsc1CCC(CCl)(CCl)C1CCCC1. The molecule has 0 saturated heterocycles. The largest absolute Gasteiger partial charge is 0.250 e. The third-order valence-electron chi connectivity index (χ3n) is 4.45. The number of aryl methyl sites for hydroxylation is 2. The third-order valence-corrected chi connectivity index (χ3v) is 6.51. The molecule has 1 aromatic heterocycles. The molecule has 18 heavy (non-hydrogen) atoms. The first kappa shape index (κ1) is 14.6. The van der Waals surface area contributed by atoms with Crippen LogP contribution in [0.2, 0.25) is 0 Å². The van der Waals surface area contributed by atoms with E-state index in [1.54, 1.807) is 11.3 Å². The Morgan fingerprint density at radius 3 is 2.50 bits per heavy atom. The molecule has 0 atom stereocenters. The molecule has 1 saturated carbocycles. The first-order valence-electron chi connectivity index (χ1n) is 6.73. The molecular formula is C14H21Cl2NS. The van der Waals surface area contributed by atoms with Crippen LogP contribution in [-0.4, -0.2) is 16.7 Å². The van der Waals surface area contributed by atoms with Crippen LogP contribution in [0.1, 0.15) is 42.7 Å². The maximum absolute atomic E-state index is 6.29. The van der Waals surface area contributed by atoms with E-state index in [1.165, 1.54) is 36.3 Å². The lowest BCUT2D eigenvalue weighted by atomic mass is 9.74. The average Bonchev–Trinajstić information content (AvgIpc) is 3.04. The molecule has 1 aromatic rings. The molecule has 2 rings (SSSR count). The molecule has 1 fully saturated rings. The number of hydrogen-bond acceptors (Lipinski definition) is 2. The van der Waals surface area contributed by atoms with Crippen LogP contribution in [0, 0.1) is 18.3 Å². The van der Waals surface area contributed by atoms with Crippen molar-refractivity contribution in [2.24, 2.45) is 11.3 Å². The van der Waals surface area contributed by atoms with Gasteiger partial charge in [0, 0.05) is 22.1 Å². The fourth-order valence-electron chi connectivity index (χ4n) is 3.06. The summed E-state index contributed by atoms with van der Waals surface area (Å²) in [5.41, 5.74) is 3.24. The van der Waals surface area contributed by atoms with E-state index in [0.717, 1.165) is 18.8 Å². The van der Waals surface area contributed by atoms with Crippen molar-refractivity contribution in [2.75, 3.05) is 11.8 Å². The molecule has 0 spiro atoms. The van der Waals surface area contributed by atoms with E-state index in [-0.39, 0.29) is 5.41 Å². The Kier molecular flexibility index (Phi) is 5.35. The lowest BCUT2D eigenvalue weighted by Crippen LogP contribution is -2.33. The monoisotopic (exact) mass is 305 g/mol. The molecule has 0 bridgehead atoms. The van der Waals surface area contributed by atoms with Gasteiger partial charge in [-0.25, -0.2) is 4.98 Å². The Bertz CT molecular complexity index is 368. The lowest BCUT2D eigenvalue weighted by molar-refractivity contribution is 0.209.